The topological polar surface area (TPSA) is 82.1 Å². The number of alkyl halides is 3. The molecular weight excluding hydrogens is 229 g/mol. The van der Waals surface area contributed by atoms with Crippen LogP contribution in [0.3, 0.4) is 0 Å². The minimum Gasteiger partial charge on any atom is -0.395 e. The van der Waals surface area contributed by atoms with Crippen molar-refractivity contribution in [3.05, 3.63) is 11.9 Å². The van der Waals surface area contributed by atoms with E-state index in [1.165, 1.54) is 0 Å². The largest absolute Gasteiger partial charge is 0.406 e. The van der Waals surface area contributed by atoms with Gasteiger partial charge in [-0.1, -0.05) is 0 Å². The summed E-state index contributed by atoms with van der Waals surface area (Å²) in [6.07, 6.45) is -3.50. The quantitative estimate of drug-likeness (QED) is 0.761. The molecule has 2 N–H and O–H groups in total. The minimum absolute atomic E-state index is 0.224. The maximum atomic E-state index is 12.1. The molecule has 0 aliphatic carbocycles. The predicted octanol–water partition coefficient (Wildman–Crippen LogP) is -0.199. The zero-order valence-corrected chi connectivity index (χ0v) is 8.03. The van der Waals surface area contributed by atoms with Crippen molar-refractivity contribution in [2.45, 2.75) is 6.18 Å². The molecule has 0 atom stereocenters. The molecule has 0 aromatic carbocycles. The Morgan fingerprint density at radius 1 is 1.56 bits per heavy atom. The number of hydrogen-bond donors (Lipinski definition) is 2. The van der Waals surface area contributed by atoms with Gasteiger partial charge in [0.2, 0.25) is 0 Å². The zero-order chi connectivity index (χ0) is 12.2. The van der Waals surface area contributed by atoms with Gasteiger partial charge in [0.15, 0.2) is 5.69 Å². The number of nitrogens with zero attached hydrogens (tertiary/aromatic N) is 3. The van der Waals surface area contributed by atoms with Crippen molar-refractivity contribution < 1.29 is 23.1 Å². The molecule has 0 unspecified atom stereocenters. The number of nitrogens with one attached hydrogen (secondary N) is 1. The third-order valence-corrected chi connectivity index (χ3v) is 1.66. The molecule has 9 heteroatoms. The van der Waals surface area contributed by atoms with Gasteiger partial charge >= 0.3 is 6.18 Å². The summed E-state index contributed by atoms with van der Waals surface area (Å²) >= 11 is 0. The van der Waals surface area contributed by atoms with E-state index < -0.39 is 31.8 Å². The fraction of sp³-hybridized carbons (Fsp3) is 0.571. The van der Waals surface area contributed by atoms with Crippen molar-refractivity contribution >= 4 is 5.91 Å². The molecule has 90 valence electrons. The number of hydrogen-bond acceptors (Lipinski definition) is 4. The number of amides is 1. The standard InChI is InChI=1S/C7H9F3N4O2/c8-7(9,10)4-14(1-2-15)6(16)5-3-11-13-12-5/h3,15H,1-2,4H2,(H,11,12,13). The minimum atomic E-state index is -4.52. The van der Waals surface area contributed by atoms with Gasteiger partial charge in [0.25, 0.3) is 5.91 Å². The lowest BCUT2D eigenvalue weighted by atomic mass is 10.3. The number of aliphatic hydroxyl groups excluding tert-OH is 1. The molecule has 1 aromatic rings. The second-order valence-corrected chi connectivity index (χ2v) is 2.92. The van der Waals surface area contributed by atoms with Crippen LogP contribution in [0, 0.1) is 0 Å². The van der Waals surface area contributed by atoms with Crippen molar-refractivity contribution in [1.82, 2.24) is 20.3 Å². The summed E-state index contributed by atoms with van der Waals surface area (Å²) in [7, 11) is 0. The van der Waals surface area contributed by atoms with Crippen LogP contribution in [-0.2, 0) is 0 Å². The van der Waals surface area contributed by atoms with Crippen molar-refractivity contribution in [1.29, 1.82) is 0 Å². The van der Waals surface area contributed by atoms with E-state index in [1.54, 1.807) is 0 Å². The molecule has 1 rings (SSSR count). The summed E-state index contributed by atoms with van der Waals surface area (Å²) in [4.78, 5) is 11.9. The van der Waals surface area contributed by atoms with E-state index in [0.717, 1.165) is 6.20 Å². The first-order chi connectivity index (χ1) is 7.44. The van der Waals surface area contributed by atoms with Gasteiger partial charge in [-0.05, 0) is 0 Å². The van der Waals surface area contributed by atoms with Crippen molar-refractivity contribution in [2.24, 2.45) is 0 Å². The molecule has 1 aromatic heterocycles. The van der Waals surface area contributed by atoms with Crippen molar-refractivity contribution in [2.75, 3.05) is 19.7 Å². The van der Waals surface area contributed by atoms with Crippen LogP contribution in [0.15, 0.2) is 6.20 Å². The van der Waals surface area contributed by atoms with Crippen LogP contribution in [0.4, 0.5) is 13.2 Å². The predicted molar refractivity (Wildman–Crippen MR) is 45.4 cm³/mol. The number of rotatable bonds is 4. The third-order valence-electron chi connectivity index (χ3n) is 1.66. The van der Waals surface area contributed by atoms with Gasteiger partial charge in [-0.2, -0.15) is 28.6 Å². The van der Waals surface area contributed by atoms with Crippen molar-refractivity contribution in [3.63, 3.8) is 0 Å². The highest BCUT2D eigenvalue weighted by molar-refractivity contribution is 5.91. The lowest BCUT2D eigenvalue weighted by molar-refractivity contribution is -0.141. The Labute approximate surface area is 88.1 Å². The lowest BCUT2D eigenvalue weighted by Gasteiger charge is -2.21. The fourth-order valence-electron chi connectivity index (χ4n) is 1.06. The first-order valence-electron chi connectivity index (χ1n) is 4.26. The highest BCUT2D eigenvalue weighted by Crippen LogP contribution is 2.17. The van der Waals surface area contributed by atoms with Gasteiger partial charge in [0.05, 0.1) is 12.8 Å². The van der Waals surface area contributed by atoms with Crippen molar-refractivity contribution in [3.8, 4) is 0 Å². The summed E-state index contributed by atoms with van der Waals surface area (Å²) in [5, 5.41) is 17.4. The number of carbonyl (C=O) groups excluding carboxylic acids is 1. The molecule has 6 nitrogen and oxygen atoms in total. The molecule has 0 fully saturated rings. The Bertz CT molecular complexity index is 338. The van der Waals surface area contributed by atoms with Gasteiger partial charge in [-0.15, -0.1) is 0 Å². The van der Waals surface area contributed by atoms with Gasteiger partial charge in [-0.25, -0.2) is 0 Å². The fourth-order valence-corrected chi connectivity index (χ4v) is 1.06. The first kappa shape index (κ1) is 12.4. The van der Waals surface area contributed by atoms with E-state index >= 15 is 0 Å². The summed E-state index contributed by atoms with van der Waals surface area (Å²) in [6.45, 7) is -2.40. The second kappa shape index (κ2) is 4.92. The Morgan fingerprint density at radius 2 is 2.25 bits per heavy atom. The van der Waals surface area contributed by atoms with E-state index in [9.17, 15) is 18.0 Å². The van der Waals surface area contributed by atoms with Crippen LogP contribution in [0.5, 0.6) is 0 Å². The summed E-state index contributed by atoms with van der Waals surface area (Å²) in [5.41, 5.74) is -0.224. The van der Waals surface area contributed by atoms with Crippen LogP contribution in [-0.4, -0.2) is 57.2 Å². The Morgan fingerprint density at radius 3 is 2.69 bits per heavy atom. The summed E-state index contributed by atoms with van der Waals surface area (Å²) < 4.78 is 36.3. The van der Waals surface area contributed by atoms with E-state index in [2.05, 4.69) is 15.4 Å². The number of aromatic nitrogens is 3. The third kappa shape index (κ3) is 3.50. The molecular formula is C7H9F3N4O2. The number of carbonyl (C=O) groups is 1. The van der Waals surface area contributed by atoms with E-state index in [-0.39, 0.29) is 5.69 Å². The smallest absolute Gasteiger partial charge is 0.395 e. The molecule has 16 heavy (non-hydrogen) atoms. The molecule has 0 saturated carbocycles. The van der Waals surface area contributed by atoms with Crippen LogP contribution in [0.2, 0.25) is 0 Å². The summed E-state index contributed by atoms with van der Waals surface area (Å²) in [5.74, 6) is -0.930. The van der Waals surface area contributed by atoms with E-state index in [4.69, 9.17) is 5.11 Å². The maximum absolute atomic E-state index is 12.1. The Balaban J connectivity index is 2.74. The van der Waals surface area contributed by atoms with E-state index in [0.29, 0.717) is 4.90 Å². The normalized spacial score (nSPS) is 11.5. The van der Waals surface area contributed by atoms with E-state index in [1.807, 2.05) is 0 Å². The highest BCUT2D eigenvalue weighted by atomic mass is 19.4. The summed E-state index contributed by atoms with van der Waals surface area (Å²) in [6, 6.07) is 0. The lowest BCUT2D eigenvalue weighted by Crippen LogP contribution is -2.40. The van der Waals surface area contributed by atoms with Gasteiger partial charge in [0, 0.05) is 6.54 Å². The average Bonchev–Trinajstić information content (AvgIpc) is 2.66. The van der Waals surface area contributed by atoms with Crippen LogP contribution in [0.25, 0.3) is 0 Å². The maximum Gasteiger partial charge on any atom is 0.406 e. The average molecular weight is 238 g/mol. The number of halogens is 3. The zero-order valence-electron chi connectivity index (χ0n) is 8.03. The Kier molecular flexibility index (Phi) is 3.82. The molecule has 0 aliphatic rings. The van der Waals surface area contributed by atoms with Crippen LogP contribution < -0.4 is 0 Å². The molecule has 1 amide bonds. The van der Waals surface area contributed by atoms with Crippen LogP contribution >= 0.6 is 0 Å². The number of H-pyrrole nitrogens is 1. The highest BCUT2D eigenvalue weighted by Gasteiger charge is 2.33. The number of aromatic amines is 1. The Hall–Kier alpha value is -1.64. The SMILES string of the molecule is O=C(c1cn[nH]n1)N(CCO)CC(F)(F)F. The van der Waals surface area contributed by atoms with Gasteiger partial charge < -0.3 is 10.0 Å². The van der Waals surface area contributed by atoms with Crippen LogP contribution in [0.1, 0.15) is 10.5 Å². The van der Waals surface area contributed by atoms with Gasteiger partial charge in [0.1, 0.15) is 6.54 Å². The first-order valence-corrected chi connectivity index (χ1v) is 4.26. The molecule has 0 aliphatic heterocycles. The molecule has 0 saturated heterocycles. The van der Waals surface area contributed by atoms with Gasteiger partial charge in [-0.3, -0.25) is 4.79 Å². The number of aliphatic hydroxyl groups is 1. The molecule has 0 spiro atoms. The monoisotopic (exact) mass is 238 g/mol. The second-order valence-electron chi connectivity index (χ2n) is 2.92. The molecule has 1 heterocycles. The molecule has 0 bridgehead atoms. The molecule has 0 radical (unpaired) electrons.